The van der Waals surface area contributed by atoms with Crippen LogP contribution < -0.4 is 5.32 Å². The third-order valence-electron chi connectivity index (χ3n) is 7.84. The molecule has 6 heteroatoms. The molecule has 2 amide bonds. The van der Waals surface area contributed by atoms with Crippen LogP contribution in [0.3, 0.4) is 0 Å². The van der Waals surface area contributed by atoms with E-state index in [4.69, 9.17) is 4.98 Å². The standard InChI is InChI=1S/C29H35FN4O/c1-20-4-3-5-21(2)34(20)19-27-11-8-24-18-26(12-13-28(24)31-27)32-29(35)33-16-14-23(15-17-33)22-6-9-25(30)10-7-22/h6-13,18,20-21,23H,3-5,14-17,19H2,1-2H3,(H,32,35). The average molecular weight is 475 g/mol. The Bertz CT molecular complexity index is 1160. The van der Waals surface area contributed by atoms with Gasteiger partial charge in [-0.05, 0) is 87.4 Å². The first kappa shape index (κ1) is 23.7. The second-order valence-corrected chi connectivity index (χ2v) is 10.3. The van der Waals surface area contributed by atoms with Crippen molar-refractivity contribution < 1.29 is 9.18 Å². The van der Waals surface area contributed by atoms with Crippen molar-refractivity contribution in [3.05, 3.63) is 71.7 Å². The highest BCUT2D eigenvalue weighted by Gasteiger charge is 2.25. The summed E-state index contributed by atoms with van der Waals surface area (Å²) in [6, 6.07) is 18.0. The second kappa shape index (κ2) is 10.3. The molecule has 5 nitrogen and oxygen atoms in total. The Hall–Kier alpha value is -2.99. The van der Waals surface area contributed by atoms with Gasteiger partial charge >= 0.3 is 6.03 Å². The van der Waals surface area contributed by atoms with Gasteiger partial charge in [-0.3, -0.25) is 9.88 Å². The van der Waals surface area contributed by atoms with Crippen LogP contribution in [0.1, 0.15) is 63.1 Å². The van der Waals surface area contributed by atoms with Crippen LogP contribution in [-0.2, 0) is 6.54 Å². The van der Waals surface area contributed by atoms with Gasteiger partial charge in [0.05, 0.1) is 11.2 Å². The predicted molar refractivity (Wildman–Crippen MR) is 139 cm³/mol. The summed E-state index contributed by atoms with van der Waals surface area (Å²) >= 11 is 0. The molecule has 1 N–H and O–H groups in total. The number of carbonyl (C=O) groups excluding carboxylic acids is 1. The van der Waals surface area contributed by atoms with E-state index in [1.54, 1.807) is 0 Å². The fourth-order valence-corrected chi connectivity index (χ4v) is 5.66. The number of nitrogens with zero attached hydrogens (tertiary/aromatic N) is 3. The molecular formula is C29H35FN4O. The SMILES string of the molecule is CC1CCCC(C)N1Cc1ccc2cc(NC(=O)N3CCC(c4ccc(F)cc4)CC3)ccc2n1. The normalized spacial score (nSPS) is 21.9. The van der Waals surface area contributed by atoms with Crippen molar-refractivity contribution >= 4 is 22.6 Å². The van der Waals surface area contributed by atoms with Gasteiger partial charge in [0.15, 0.2) is 0 Å². The van der Waals surface area contributed by atoms with E-state index in [0.717, 1.165) is 47.2 Å². The van der Waals surface area contributed by atoms with Crippen LogP contribution in [0.25, 0.3) is 10.9 Å². The van der Waals surface area contributed by atoms with Crippen LogP contribution in [0.4, 0.5) is 14.9 Å². The summed E-state index contributed by atoms with van der Waals surface area (Å²) in [5, 5.41) is 4.09. The van der Waals surface area contributed by atoms with E-state index in [1.807, 2.05) is 35.2 Å². The maximum absolute atomic E-state index is 13.2. The molecule has 5 rings (SSSR count). The van der Waals surface area contributed by atoms with Crippen LogP contribution in [0.15, 0.2) is 54.6 Å². The molecule has 1 aromatic heterocycles. The van der Waals surface area contributed by atoms with Crippen LogP contribution in [0.5, 0.6) is 0 Å². The zero-order valence-electron chi connectivity index (χ0n) is 20.7. The van der Waals surface area contributed by atoms with Crippen molar-refractivity contribution in [2.75, 3.05) is 18.4 Å². The molecule has 0 spiro atoms. The Morgan fingerprint density at radius 3 is 2.40 bits per heavy atom. The van der Waals surface area contributed by atoms with Crippen LogP contribution >= 0.6 is 0 Å². The Morgan fingerprint density at radius 2 is 1.69 bits per heavy atom. The molecule has 2 aromatic carbocycles. The maximum atomic E-state index is 13.2. The molecule has 2 aliphatic rings. The van der Waals surface area contributed by atoms with E-state index in [2.05, 4.69) is 36.2 Å². The summed E-state index contributed by atoms with van der Waals surface area (Å²) in [6.07, 6.45) is 5.59. The lowest BCUT2D eigenvalue weighted by Crippen LogP contribution is -2.43. The van der Waals surface area contributed by atoms with Crippen LogP contribution in [0.2, 0.25) is 0 Å². The van der Waals surface area contributed by atoms with Crippen LogP contribution in [0, 0.1) is 5.82 Å². The number of halogens is 1. The first-order valence-corrected chi connectivity index (χ1v) is 12.9. The number of aromatic nitrogens is 1. The van der Waals surface area contributed by atoms with Crippen molar-refractivity contribution in [2.24, 2.45) is 0 Å². The number of piperidine rings is 2. The van der Waals surface area contributed by atoms with Gasteiger partial charge in [0.1, 0.15) is 5.82 Å². The topological polar surface area (TPSA) is 48.5 Å². The van der Waals surface area contributed by atoms with E-state index in [-0.39, 0.29) is 11.8 Å². The first-order chi connectivity index (χ1) is 17.0. The number of anilines is 1. The Morgan fingerprint density at radius 1 is 0.971 bits per heavy atom. The molecule has 3 aromatic rings. The van der Waals surface area contributed by atoms with Gasteiger partial charge in [0, 0.05) is 42.8 Å². The third-order valence-corrected chi connectivity index (χ3v) is 7.84. The monoisotopic (exact) mass is 474 g/mol. The lowest BCUT2D eigenvalue weighted by Gasteiger charge is -2.38. The number of urea groups is 1. The first-order valence-electron chi connectivity index (χ1n) is 12.9. The van der Waals surface area contributed by atoms with Gasteiger partial charge in [-0.25, -0.2) is 9.18 Å². The van der Waals surface area contributed by atoms with Crippen LogP contribution in [-0.4, -0.2) is 46.0 Å². The lowest BCUT2D eigenvalue weighted by molar-refractivity contribution is 0.0939. The third kappa shape index (κ3) is 5.48. The zero-order chi connectivity index (χ0) is 24.4. The molecule has 2 unspecified atom stereocenters. The molecule has 0 radical (unpaired) electrons. The van der Waals surface area contributed by atoms with Gasteiger partial charge in [-0.2, -0.15) is 0 Å². The molecule has 0 aliphatic carbocycles. The number of fused-ring (bicyclic) bond motifs is 1. The summed E-state index contributed by atoms with van der Waals surface area (Å²) in [5.74, 6) is 0.162. The molecule has 184 valence electrons. The smallest absolute Gasteiger partial charge is 0.321 e. The highest BCUT2D eigenvalue weighted by atomic mass is 19.1. The number of rotatable bonds is 4. The van der Waals surface area contributed by atoms with E-state index >= 15 is 0 Å². The number of likely N-dealkylation sites (tertiary alicyclic amines) is 2. The van der Waals surface area contributed by atoms with Gasteiger partial charge in [-0.1, -0.05) is 24.6 Å². The number of carbonyl (C=O) groups is 1. The predicted octanol–water partition coefficient (Wildman–Crippen LogP) is 6.55. The number of amides is 2. The van der Waals surface area contributed by atoms with Crippen molar-refractivity contribution in [3.8, 4) is 0 Å². The molecule has 3 heterocycles. The van der Waals surface area contributed by atoms with E-state index in [0.29, 0.717) is 31.1 Å². The Balaban J connectivity index is 1.19. The molecule has 0 saturated carbocycles. The van der Waals surface area contributed by atoms with E-state index in [9.17, 15) is 9.18 Å². The number of hydrogen-bond acceptors (Lipinski definition) is 3. The molecular weight excluding hydrogens is 439 g/mol. The summed E-state index contributed by atoms with van der Waals surface area (Å²) in [6.45, 7) is 6.90. The molecule has 2 fully saturated rings. The van der Waals surface area contributed by atoms with E-state index < -0.39 is 0 Å². The molecule has 35 heavy (non-hydrogen) atoms. The largest absolute Gasteiger partial charge is 0.324 e. The van der Waals surface area contributed by atoms with Gasteiger partial charge < -0.3 is 10.2 Å². The van der Waals surface area contributed by atoms with Gasteiger partial charge in [0.2, 0.25) is 0 Å². The summed E-state index contributed by atoms with van der Waals surface area (Å²) in [5.41, 5.74) is 3.99. The highest BCUT2D eigenvalue weighted by molar-refractivity contribution is 5.92. The van der Waals surface area contributed by atoms with Crippen molar-refractivity contribution in [2.45, 2.75) is 70.5 Å². The minimum atomic E-state index is -0.210. The van der Waals surface area contributed by atoms with Gasteiger partial charge in [0.25, 0.3) is 0 Å². The molecule has 2 aliphatic heterocycles. The molecule has 2 saturated heterocycles. The summed E-state index contributed by atoms with van der Waals surface area (Å²) in [4.78, 5) is 22.2. The molecule has 2 atom stereocenters. The minimum absolute atomic E-state index is 0.0699. The lowest BCUT2D eigenvalue weighted by atomic mass is 9.89. The zero-order valence-corrected chi connectivity index (χ0v) is 20.7. The fraction of sp³-hybridized carbons (Fsp3) is 0.448. The summed E-state index contributed by atoms with van der Waals surface area (Å²) < 4.78 is 13.2. The van der Waals surface area contributed by atoms with Gasteiger partial charge in [-0.15, -0.1) is 0 Å². The Kier molecular flexibility index (Phi) is 7.00. The number of hydrogen-bond donors (Lipinski definition) is 1. The quantitative estimate of drug-likeness (QED) is 0.467. The van der Waals surface area contributed by atoms with Crippen molar-refractivity contribution in [1.29, 1.82) is 0 Å². The Labute approximate surface area is 207 Å². The average Bonchev–Trinajstić information content (AvgIpc) is 2.87. The second-order valence-electron chi connectivity index (χ2n) is 10.3. The minimum Gasteiger partial charge on any atom is -0.324 e. The maximum Gasteiger partial charge on any atom is 0.321 e. The van der Waals surface area contributed by atoms with Crippen molar-refractivity contribution in [1.82, 2.24) is 14.8 Å². The molecule has 0 bridgehead atoms. The highest BCUT2D eigenvalue weighted by Crippen LogP contribution is 2.29. The summed E-state index contributed by atoms with van der Waals surface area (Å²) in [7, 11) is 0. The number of benzene rings is 2. The number of pyridine rings is 1. The number of nitrogens with one attached hydrogen (secondary N) is 1. The van der Waals surface area contributed by atoms with E-state index in [1.165, 1.54) is 31.4 Å². The van der Waals surface area contributed by atoms with Crippen molar-refractivity contribution in [3.63, 3.8) is 0 Å². The fourth-order valence-electron chi connectivity index (χ4n) is 5.66.